The third-order valence-corrected chi connectivity index (χ3v) is 5.79. The molecule has 1 fully saturated rings. The van der Waals surface area contributed by atoms with Gasteiger partial charge >= 0.3 is 0 Å². The first-order chi connectivity index (χ1) is 13.2. The lowest BCUT2D eigenvalue weighted by atomic mass is 10.2. The molecule has 2 aromatic heterocycles. The molecule has 0 spiro atoms. The lowest BCUT2D eigenvalue weighted by molar-refractivity contribution is -0.124. The van der Waals surface area contributed by atoms with E-state index in [1.165, 1.54) is 4.88 Å². The highest BCUT2D eigenvalue weighted by atomic mass is 32.1. The largest absolute Gasteiger partial charge is 0.368 e. The molecule has 7 heteroatoms. The fourth-order valence-corrected chi connectivity index (χ4v) is 4.11. The van der Waals surface area contributed by atoms with Crippen molar-refractivity contribution < 1.29 is 9.53 Å². The quantitative estimate of drug-likeness (QED) is 0.674. The highest BCUT2D eigenvalue weighted by Gasteiger charge is 2.23. The molecule has 0 bridgehead atoms. The Morgan fingerprint density at radius 1 is 1.33 bits per heavy atom. The Balaban J connectivity index is 1.44. The van der Waals surface area contributed by atoms with E-state index in [-0.39, 0.29) is 12.0 Å². The number of carbonyl (C=O) groups excluding carboxylic acids is 1. The normalized spacial score (nSPS) is 16.6. The van der Waals surface area contributed by atoms with Crippen LogP contribution in [0.4, 0.5) is 11.5 Å². The van der Waals surface area contributed by atoms with E-state index in [0.717, 1.165) is 46.5 Å². The van der Waals surface area contributed by atoms with Crippen LogP contribution < -0.4 is 10.6 Å². The molecule has 27 heavy (non-hydrogen) atoms. The van der Waals surface area contributed by atoms with Crippen LogP contribution in [0.2, 0.25) is 0 Å². The number of nitrogens with one attached hydrogen (secondary N) is 2. The Hall–Kier alpha value is -2.51. The van der Waals surface area contributed by atoms with E-state index in [1.807, 2.05) is 24.3 Å². The SMILES string of the molecule is CCc1cc2c(NCc3cccc(NC(=O)C4CCCO4)c3)ncnc2s1. The molecule has 0 saturated carbocycles. The van der Waals surface area contributed by atoms with Crippen molar-refractivity contribution in [3.63, 3.8) is 0 Å². The van der Waals surface area contributed by atoms with Crippen LogP contribution in [0.5, 0.6) is 0 Å². The molecule has 1 amide bonds. The molecule has 6 nitrogen and oxygen atoms in total. The lowest BCUT2D eigenvalue weighted by Gasteiger charge is -2.12. The molecule has 1 atom stereocenters. The molecule has 2 N–H and O–H groups in total. The molecular formula is C20H22N4O2S. The summed E-state index contributed by atoms with van der Waals surface area (Å²) >= 11 is 1.70. The Bertz CT molecular complexity index is 950. The zero-order chi connectivity index (χ0) is 18.6. The maximum atomic E-state index is 12.2. The number of aromatic nitrogens is 2. The van der Waals surface area contributed by atoms with Gasteiger partial charge in [0.1, 0.15) is 23.1 Å². The summed E-state index contributed by atoms with van der Waals surface area (Å²) in [5.41, 5.74) is 1.85. The van der Waals surface area contributed by atoms with Crippen LogP contribution >= 0.6 is 11.3 Å². The van der Waals surface area contributed by atoms with E-state index in [1.54, 1.807) is 17.7 Å². The predicted molar refractivity (Wildman–Crippen MR) is 108 cm³/mol. The van der Waals surface area contributed by atoms with Gasteiger partial charge < -0.3 is 15.4 Å². The maximum absolute atomic E-state index is 12.2. The molecule has 1 unspecified atom stereocenters. The third kappa shape index (κ3) is 4.09. The fourth-order valence-electron chi connectivity index (χ4n) is 3.17. The molecule has 3 heterocycles. The topological polar surface area (TPSA) is 76.1 Å². The van der Waals surface area contributed by atoms with E-state index >= 15 is 0 Å². The van der Waals surface area contributed by atoms with E-state index in [0.29, 0.717) is 13.2 Å². The minimum absolute atomic E-state index is 0.0690. The zero-order valence-corrected chi connectivity index (χ0v) is 16.0. The minimum atomic E-state index is -0.326. The maximum Gasteiger partial charge on any atom is 0.253 e. The fraction of sp³-hybridized carbons (Fsp3) is 0.350. The van der Waals surface area contributed by atoms with Gasteiger partial charge in [-0.05, 0) is 43.0 Å². The minimum Gasteiger partial charge on any atom is -0.368 e. The number of carbonyl (C=O) groups is 1. The van der Waals surface area contributed by atoms with Crippen molar-refractivity contribution in [1.29, 1.82) is 0 Å². The number of amides is 1. The van der Waals surface area contributed by atoms with E-state index in [2.05, 4.69) is 33.6 Å². The first-order valence-electron chi connectivity index (χ1n) is 9.21. The van der Waals surface area contributed by atoms with Gasteiger partial charge in [-0.25, -0.2) is 9.97 Å². The number of hydrogen-bond acceptors (Lipinski definition) is 6. The average Bonchev–Trinajstić information content (AvgIpc) is 3.36. The number of aryl methyl sites for hydroxylation is 1. The monoisotopic (exact) mass is 382 g/mol. The van der Waals surface area contributed by atoms with Crippen LogP contribution in [0.1, 0.15) is 30.2 Å². The van der Waals surface area contributed by atoms with Crippen LogP contribution in [0.25, 0.3) is 10.2 Å². The van der Waals surface area contributed by atoms with Crippen molar-refractivity contribution in [3.05, 3.63) is 47.1 Å². The van der Waals surface area contributed by atoms with Crippen LogP contribution in [0.3, 0.4) is 0 Å². The molecule has 1 saturated heterocycles. The molecule has 3 aromatic rings. The predicted octanol–water partition coefficient (Wildman–Crippen LogP) is 3.98. The van der Waals surface area contributed by atoms with E-state index < -0.39 is 0 Å². The van der Waals surface area contributed by atoms with E-state index in [4.69, 9.17) is 4.74 Å². The second kappa shape index (κ2) is 8.02. The van der Waals surface area contributed by atoms with Crippen LogP contribution in [-0.2, 0) is 22.5 Å². The molecule has 1 aliphatic rings. The Labute approximate surface area is 162 Å². The van der Waals surface area contributed by atoms with Gasteiger partial charge in [0.25, 0.3) is 5.91 Å². The van der Waals surface area contributed by atoms with Gasteiger partial charge in [-0.1, -0.05) is 19.1 Å². The van der Waals surface area contributed by atoms with Crippen molar-refractivity contribution in [2.24, 2.45) is 0 Å². The highest BCUT2D eigenvalue weighted by Crippen LogP contribution is 2.28. The molecule has 0 radical (unpaired) electrons. The standard InChI is InChI=1S/C20H22N4O2S/c1-2-15-10-16-18(22-12-23-20(16)27-15)21-11-13-5-3-6-14(9-13)24-19(25)17-7-4-8-26-17/h3,5-6,9-10,12,17H,2,4,7-8,11H2,1H3,(H,24,25)(H,21,22,23). The number of ether oxygens (including phenoxy) is 1. The van der Waals surface area contributed by atoms with Crippen molar-refractivity contribution in [1.82, 2.24) is 9.97 Å². The summed E-state index contributed by atoms with van der Waals surface area (Å²) in [7, 11) is 0. The van der Waals surface area contributed by atoms with Gasteiger partial charge in [0.15, 0.2) is 0 Å². The molecule has 140 valence electrons. The second-order valence-electron chi connectivity index (χ2n) is 6.55. The number of benzene rings is 1. The van der Waals surface area contributed by atoms with Crippen molar-refractivity contribution in [2.75, 3.05) is 17.2 Å². The molecule has 1 aliphatic heterocycles. The zero-order valence-electron chi connectivity index (χ0n) is 15.2. The Morgan fingerprint density at radius 2 is 2.26 bits per heavy atom. The first-order valence-corrected chi connectivity index (χ1v) is 10.0. The first kappa shape index (κ1) is 17.9. The van der Waals surface area contributed by atoms with Crippen LogP contribution in [0, 0.1) is 0 Å². The van der Waals surface area contributed by atoms with Crippen molar-refractivity contribution in [2.45, 2.75) is 38.8 Å². The second-order valence-corrected chi connectivity index (χ2v) is 7.67. The van der Waals surface area contributed by atoms with Gasteiger partial charge in [-0.2, -0.15) is 0 Å². The highest BCUT2D eigenvalue weighted by molar-refractivity contribution is 7.18. The van der Waals surface area contributed by atoms with Crippen molar-refractivity contribution in [3.8, 4) is 0 Å². The van der Waals surface area contributed by atoms with Gasteiger partial charge in [-0.3, -0.25) is 4.79 Å². The average molecular weight is 382 g/mol. The Kier molecular flexibility index (Phi) is 5.31. The van der Waals surface area contributed by atoms with Gasteiger partial charge in [0, 0.05) is 23.7 Å². The summed E-state index contributed by atoms with van der Waals surface area (Å²) in [6, 6.07) is 9.99. The Morgan fingerprint density at radius 3 is 3.07 bits per heavy atom. The number of fused-ring (bicyclic) bond motifs is 1. The summed E-state index contributed by atoms with van der Waals surface area (Å²) in [4.78, 5) is 23.3. The van der Waals surface area contributed by atoms with Crippen molar-refractivity contribution >= 4 is 39.0 Å². The summed E-state index contributed by atoms with van der Waals surface area (Å²) in [5.74, 6) is 0.769. The van der Waals surface area contributed by atoms with Gasteiger partial charge in [0.2, 0.25) is 0 Å². The number of hydrogen-bond donors (Lipinski definition) is 2. The van der Waals surface area contributed by atoms with E-state index in [9.17, 15) is 4.79 Å². The summed E-state index contributed by atoms with van der Waals surface area (Å²) < 4.78 is 5.44. The number of anilines is 2. The summed E-state index contributed by atoms with van der Waals surface area (Å²) in [6.07, 6.45) is 3.99. The molecule has 4 rings (SSSR count). The summed E-state index contributed by atoms with van der Waals surface area (Å²) in [6.45, 7) is 3.42. The summed E-state index contributed by atoms with van der Waals surface area (Å²) in [5, 5.41) is 7.40. The van der Waals surface area contributed by atoms with Gasteiger partial charge in [0.05, 0.1) is 5.39 Å². The molecule has 1 aromatic carbocycles. The molecular weight excluding hydrogens is 360 g/mol. The van der Waals surface area contributed by atoms with Gasteiger partial charge in [-0.15, -0.1) is 11.3 Å². The molecule has 0 aliphatic carbocycles. The number of thiophene rings is 1. The third-order valence-electron chi connectivity index (χ3n) is 4.61. The smallest absolute Gasteiger partial charge is 0.253 e. The number of rotatable bonds is 6. The lowest BCUT2D eigenvalue weighted by Crippen LogP contribution is -2.26. The van der Waals surface area contributed by atoms with Crippen LogP contribution in [-0.4, -0.2) is 28.6 Å². The number of nitrogens with zero attached hydrogens (tertiary/aromatic N) is 2. The van der Waals surface area contributed by atoms with Crippen LogP contribution in [0.15, 0.2) is 36.7 Å².